The van der Waals surface area contributed by atoms with Crippen LogP contribution in [0.25, 0.3) is 11.3 Å². The van der Waals surface area contributed by atoms with Gasteiger partial charge in [-0.25, -0.2) is 9.37 Å². The Balaban J connectivity index is 2.20. The number of aromatic nitrogens is 2. The number of nitrogens with one attached hydrogen (secondary N) is 1. The monoisotopic (exact) mass is 327 g/mol. The Morgan fingerprint density at radius 2 is 2.32 bits per heavy atom. The summed E-state index contributed by atoms with van der Waals surface area (Å²) in [6, 6.07) is 4.65. The second-order valence-electron chi connectivity index (χ2n) is 4.19. The van der Waals surface area contributed by atoms with Gasteiger partial charge in [0.2, 0.25) is 0 Å². The lowest BCUT2D eigenvalue weighted by atomic mass is 10.1. The van der Waals surface area contributed by atoms with Crippen LogP contribution < -0.4 is 5.73 Å². The Kier molecular flexibility index (Phi) is 4.68. The van der Waals surface area contributed by atoms with E-state index in [2.05, 4.69) is 25.9 Å². The van der Waals surface area contributed by atoms with Crippen molar-refractivity contribution in [1.82, 2.24) is 9.97 Å². The molecule has 1 aromatic carbocycles. The van der Waals surface area contributed by atoms with E-state index in [9.17, 15) is 4.39 Å². The van der Waals surface area contributed by atoms with E-state index in [4.69, 9.17) is 10.5 Å². The van der Waals surface area contributed by atoms with E-state index in [1.807, 2.05) is 0 Å². The molecule has 19 heavy (non-hydrogen) atoms. The Hall–Kier alpha value is -1.24. The number of aromatic amines is 1. The van der Waals surface area contributed by atoms with Crippen LogP contribution in [0.5, 0.6) is 0 Å². The van der Waals surface area contributed by atoms with Gasteiger partial charge in [-0.15, -0.1) is 0 Å². The number of imidazole rings is 1. The number of benzene rings is 1. The molecule has 1 aromatic heterocycles. The maximum absolute atomic E-state index is 13.8. The molecule has 0 aliphatic rings. The standard InChI is InChI=1S/C13H15BrFN3O/c1-19-5-4-11(16)13-17-7-12(18-13)9-3-2-8(14)6-10(9)15/h2-3,6-7,11H,4-5,16H2,1H3,(H,17,18). The number of methoxy groups -OCH3 is 1. The number of hydrogen-bond donors (Lipinski definition) is 2. The maximum atomic E-state index is 13.8. The number of halogens is 2. The largest absolute Gasteiger partial charge is 0.385 e. The third-order valence-electron chi connectivity index (χ3n) is 2.80. The van der Waals surface area contributed by atoms with Gasteiger partial charge in [-0.05, 0) is 24.6 Å². The summed E-state index contributed by atoms with van der Waals surface area (Å²) < 4.78 is 19.5. The van der Waals surface area contributed by atoms with Gasteiger partial charge in [0, 0.05) is 23.8 Å². The zero-order chi connectivity index (χ0) is 13.8. The van der Waals surface area contributed by atoms with Crippen LogP contribution in [0, 0.1) is 5.82 Å². The number of hydrogen-bond acceptors (Lipinski definition) is 3. The molecule has 6 heteroatoms. The van der Waals surface area contributed by atoms with Crippen LogP contribution in [0.3, 0.4) is 0 Å². The van der Waals surface area contributed by atoms with Crippen LogP contribution in [-0.2, 0) is 4.74 Å². The molecule has 1 heterocycles. The second-order valence-corrected chi connectivity index (χ2v) is 5.11. The highest BCUT2D eigenvalue weighted by molar-refractivity contribution is 9.10. The van der Waals surface area contributed by atoms with Gasteiger partial charge in [0.15, 0.2) is 0 Å². The number of nitrogens with zero attached hydrogens (tertiary/aromatic N) is 1. The van der Waals surface area contributed by atoms with Gasteiger partial charge >= 0.3 is 0 Å². The summed E-state index contributed by atoms with van der Waals surface area (Å²) in [5.74, 6) is 0.324. The van der Waals surface area contributed by atoms with E-state index in [1.54, 1.807) is 25.4 Å². The summed E-state index contributed by atoms with van der Waals surface area (Å²) in [6.45, 7) is 0.559. The Bertz CT molecular complexity index is 559. The molecule has 0 radical (unpaired) electrons. The van der Waals surface area contributed by atoms with Crippen molar-refractivity contribution in [2.75, 3.05) is 13.7 Å². The first-order valence-corrected chi connectivity index (χ1v) is 6.66. The second kappa shape index (κ2) is 6.27. The van der Waals surface area contributed by atoms with Crippen LogP contribution in [0.15, 0.2) is 28.9 Å². The molecule has 102 valence electrons. The fourth-order valence-corrected chi connectivity index (χ4v) is 2.08. The number of rotatable bonds is 5. The van der Waals surface area contributed by atoms with Crippen molar-refractivity contribution in [1.29, 1.82) is 0 Å². The smallest absolute Gasteiger partial charge is 0.133 e. The predicted molar refractivity (Wildman–Crippen MR) is 75.1 cm³/mol. The van der Waals surface area contributed by atoms with Gasteiger partial charge in [-0.1, -0.05) is 15.9 Å². The first-order valence-electron chi connectivity index (χ1n) is 5.86. The maximum Gasteiger partial charge on any atom is 0.133 e. The highest BCUT2D eigenvalue weighted by Crippen LogP contribution is 2.25. The molecule has 1 atom stereocenters. The molecule has 0 fully saturated rings. The van der Waals surface area contributed by atoms with Gasteiger partial charge in [0.05, 0.1) is 17.9 Å². The molecule has 0 spiro atoms. The lowest BCUT2D eigenvalue weighted by Gasteiger charge is -2.07. The van der Waals surface area contributed by atoms with E-state index < -0.39 is 0 Å². The molecule has 0 amide bonds. The van der Waals surface area contributed by atoms with E-state index in [0.717, 1.165) is 0 Å². The lowest BCUT2D eigenvalue weighted by Crippen LogP contribution is -2.14. The summed E-state index contributed by atoms with van der Waals surface area (Å²) in [5.41, 5.74) is 7.05. The summed E-state index contributed by atoms with van der Waals surface area (Å²) >= 11 is 3.23. The highest BCUT2D eigenvalue weighted by Gasteiger charge is 2.13. The van der Waals surface area contributed by atoms with Crippen LogP contribution >= 0.6 is 15.9 Å². The highest BCUT2D eigenvalue weighted by atomic mass is 79.9. The van der Waals surface area contributed by atoms with Crippen LogP contribution in [0.4, 0.5) is 4.39 Å². The SMILES string of the molecule is COCCC(N)c1ncc(-c2ccc(Br)cc2F)[nH]1. The van der Waals surface area contributed by atoms with Crippen molar-refractivity contribution in [2.45, 2.75) is 12.5 Å². The average Bonchev–Trinajstić information content (AvgIpc) is 2.85. The quantitative estimate of drug-likeness (QED) is 0.887. The zero-order valence-electron chi connectivity index (χ0n) is 10.5. The normalized spacial score (nSPS) is 12.6. The molecule has 4 nitrogen and oxygen atoms in total. The minimum atomic E-state index is -0.310. The molecule has 0 saturated heterocycles. The van der Waals surface area contributed by atoms with Crippen molar-refractivity contribution in [3.05, 3.63) is 40.5 Å². The third-order valence-corrected chi connectivity index (χ3v) is 3.29. The molecule has 0 bridgehead atoms. The molecule has 0 aliphatic carbocycles. The van der Waals surface area contributed by atoms with Crippen molar-refractivity contribution >= 4 is 15.9 Å². The molecule has 3 N–H and O–H groups in total. The lowest BCUT2D eigenvalue weighted by molar-refractivity contribution is 0.187. The first-order chi connectivity index (χ1) is 9.11. The first kappa shape index (κ1) is 14.2. The Morgan fingerprint density at radius 1 is 1.53 bits per heavy atom. The van der Waals surface area contributed by atoms with Gasteiger partial charge in [0.1, 0.15) is 11.6 Å². The average molecular weight is 328 g/mol. The topological polar surface area (TPSA) is 63.9 Å². The van der Waals surface area contributed by atoms with Gasteiger partial charge < -0.3 is 15.5 Å². The summed E-state index contributed by atoms with van der Waals surface area (Å²) in [7, 11) is 1.62. The van der Waals surface area contributed by atoms with Crippen molar-refractivity contribution in [3.8, 4) is 11.3 Å². The molecule has 1 unspecified atom stereocenters. The van der Waals surface area contributed by atoms with Crippen LogP contribution in [-0.4, -0.2) is 23.7 Å². The van der Waals surface area contributed by atoms with Crippen molar-refractivity contribution < 1.29 is 9.13 Å². The number of nitrogens with two attached hydrogens (primary N) is 1. The molecular weight excluding hydrogens is 313 g/mol. The van der Waals surface area contributed by atoms with Gasteiger partial charge in [0.25, 0.3) is 0 Å². The fraction of sp³-hybridized carbons (Fsp3) is 0.308. The molecule has 0 saturated carbocycles. The molecular formula is C13H15BrFN3O. The Labute approximate surface area is 119 Å². The number of H-pyrrole nitrogens is 1. The van der Waals surface area contributed by atoms with Gasteiger partial charge in [-0.2, -0.15) is 0 Å². The van der Waals surface area contributed by atoms with E-state index in [0.29, 0.717) is 34.6 Å². The van der Waals surface area contributed by atoms with E-state index in [1.165, 1.54) is 6.07 Å². The minimum absolute atomic E-state index is 0.243. The predicted octanol–water partition coefficient (Wildman–Crippen LogP) is 3.01. The molecule has 2 rings (SSSR count). The van der Waals surface area contributed by atoms with Gasteiger partial charge in [-0.3, -0.25) is 0 Å². The summed E-state index contributed by atoms with van der Waals surface area (Å²) in [6.07, 6.45) is 2.25. The third kappa shape index (κ3) is 3.40. The minimum Gasteiger partial charge on any atom is -0.385 e. The fourth-order valence-electron chi connectivity index (χ4n) is 1.75. The molecule has 0 aliphatic heterocycles. The van der Waals surface area contributed by atoms with Crippen LogP contribution in [0.1, 0.15) is 18.3 Å². The van der Waals surface area contributed by atoms with Crippen molar-refractivity contribution in [2.24, 2.45) is 5.73 Å². The molecule has 2 aromatic rings. The van der Waals surface area contributed by atoms with Crippen molar-refractivity contribution in [3.63, 3.8) is 0 Å². The summed E-state index contributed by atoms with van der Waals surface area (Å²) in [5, 5.41) is 0. The Morgan fingerprint density at radius 3 is 3.00 bits per heavy atom. The zero-order valence-corrected chi connectivity index (χ0v) is 12.1. The van der Waals surface area contributed by atoms with E-state index in [-0.39, 0.29) is 11.9 Å². The number of ether oxygens (including phenoxy) is 1. The van der Waals surface area contributed by atoms with E-state index >= 15 is 0 Å². The summed E-state index contributed by atoms with van der Waals surface area (Å²) in [4.78, 5) is 7.25. The van der Waals surface area contributed by atoms with Crippen LogP contribution in [0.2, 0.25) is 0 Å².